The Balaban J connectivity index is 1.94. The molecule has 0 radical (unpaired) electrons. The quantitative estimate of drug-likeness (QED) is 0.562. The maximum atomic E-state index is 12.9. The number of aromatic hydroxyl groups is 1. The maximum Gasteiger partial charge on any atom is 0.342 e. The molecule has 0 aliphatic carbocycles. The van der Waals surface area contributed by atoms with E-state index in [2.05, 4.69) is 0 Å². The van der Waals surface area contributed by atoms with Crippen LogP contribution in [-0.4, -0.2) is 16.9 Å². The smallest absolute Gasteiger partial charge is 0.342 e. The first-order chi connectivity index (χ1) is 12.2. The summed E-state index contributed by atoms with van der Waals surface area (Å²) in [5.74, 6) is -1.27. The molecule has 0 fully saturated rings. The Hall–Kier alpha value is -3.40. The van der Waals surface area contributed by atoms with Gasteiger partial charge in [0.15, 0.2) is 6.10 Å². The summed E-state index contributed by atoms with van der Waals surface area (Å²) in [5.41, 5.74) is 1.03. The first-order valence-electron chi connectivity index (χ1n) is 7.80. The number of ether oxygens (including phenoxy) is 1. The lowest BCUT2D eigenvalue weighted by Gasteiger charge is -2.18. The number of hydrogen-bond donors (Lipinski definition) is 1. The van der Waals surface area contributed by atoms with Crippen LogP contribution in [0.3, 0.4) is 0 Å². The molecule has 0 saturated carbocycles. The SMILES string of the molecule is O=C(OC(C(=O)c1ccccc1)c1ccccc1)c1ccccc1O. The first-order valence-corrected chi connectivity index (χ1v) is 7.80. The number of esters is 1. The molecule has 124 valence electrons. The van der Waals surface area contributed by atoms with Gasteiger partial charge in [-0.2, -0.15) is 0 Å². The minimum atomic E-state index is -1.09. The third kappa shape index (κ3) is 3.75. The molecule has 0 heterocycles. The molecule has 3 aromatic rings. The molecular formula is C21H16O4. The lowest BCUT2D eigenvalue weighted by molar-refractivity contribution is 0.0277. The number of hydrogen-bond acceptors (Lipinski definition) is 4. The van der Waals surface area contributed by atoms with E-state index in [0.29, 0.717) is 11.1 Å². The molecule has 1 N–H and O–H groups in total. The zero-order valence-electron chi connectivity index (χ0n) is 13.3. The zero-order chi connectivity index (χ0) is 17.6. The molecule has 3 aromatic carbocycles. The molecule has 0 spiro atoms. The fourth-order valence-electron chi connectivity index (χ4n) is 2.47. The fraction of sp³-hybridized carbons (Fsp3) is 0.0476. The van der Waals surface area contributed by atoms with Crippen LogP contribution < -0.4 is 0 Å². The van der Waals surface area contributed by atoms with Gasteiger partial charge in [-0.05, 0) is 12.1 Å². The summed E-state index contributed by atoms with van der Waals surface area (Å²) >= 11 is 0. The average Bonchev–Trinajstić information content (AvgIpc) is 2.67. The molecule has 1 unspecified atom stereocenters. The summed E-state index contributed by atoms with van der Waals surface area (Å²) in [6.45, 7) is 0. The van der Waals surface area contributed by atoms with Crippen molar-refractivity contribution in [2.45, 2.75) is 6.10 Å². The Kier molecular flexibility index (Phi) is 4.90. The molecule has 0 saturated heterocycles. The van der Waals surface area contributed by atoms with Gasteiger partial charge in [0.25, 0.3) is 0 Å². The van der Waals surface area contributed by atoms with Crippen molar-refractivity contribution in [1.29, 1.82) is 0 Å². The molecule has 3 rings (SSSR count). The number of carbonyl (C=O) groups excluding carboxylic acids is 2. The maximum absolute atomic E-state index is 12.9. The van der Waals surface area contributed by atoms with E-state index in [1.807, 2.05) is 12.1 Å². The van der Waals surface area contributed by atoms with Gasteiger partial charge in [-0.25, -0.2) is 4.79 Å². The molecule has 0 amide bonds. The standard InChI is InChI=1S/C21H16O4/c22-18-14-8-7-13-17(18)21(24)25-20(16-11-5-2-6-12-16)19(23)15-9-3-1-4-10-15/h1-14,20,22H. The van der Waals surface area contributed by atoms with Crippen LogP contribution in [0.1, 0.15) is 32.4 Å². The summed E-state index contributed by atoms with van der Waals surface area (Å²) in [5, 5.41) is 9.83. The highest BCUT2D eigenvalue weighted by molar-refractivity contribution is 6.02. The highest BCUT2D eigenvalue weighted by atomic mass is 16.5. The number of benzene rings is 3. The van der Waals surface area contributed by atoms with Crippen LogP contribution in [0, 0.1) is 0 Å². The highest BCUT2D eigenvalue weighted by Gasteiger charge is 2.27. The second kappa shape index (κ2) is 7.45. The van der Waals surface area contributed by atoms with E-state index in [1.54, 1.807) is 60.7 Å². The van der Waals surface area contributed by atoms with Gasteiger partial charge in [-0.15, -0.1) is 0 Å². The molecule has 4 nitrogen and oxygen atoms in total. The largest absolute Gasteiger partial charge is 0.507 e. The molecule has 0 aromatic heterocycles. The van der Waals surface area contributed by atoms with Crippen molar-refractivity contribution in [3.05, 3.63) is 102 Å². The first kappa shape index (κ1) is 16.5. The van der Waals surface area contributed by atoms with Crippen molar-refractivity contribution in [1.82, 2.24) is 0 Å². The average molecular weight is 332 g/mol. The second-order valence-corrected chi connectivity index (χ2v) is 5.44. The van der Waals surface area contributed by atoms with E-state index in [1.165, 1.54) is 12.1 Å². The van der Waals surface area contributed by atoms with Gasteiger partial charge in [0.1, 0.15) is 11.3 Å². The number of carbonyl (C=O) groups is 2. The van der Waals surface area contributed by atoms with E-state index >= 15 is 0 Å². The van der Waals surface area contributed by atoms with Crippen molar-refractivity contribution < 1.29 is 19.4 Å². The molecule has 0 bridgehead atoms. The zero-order valence-corrected chi connectivity index (χ0v) is 13.3. The van der Waals surface area contributed by atoms with Crippen LogP contribution in [-0.2, 0) is 4.74 Å². The number of phenolic OH excluding ortho intramolecular Hbond substituents is 1. The van der Waals surface area contributed by atoms with Gasteiger partial charge in [0.2, 0.25) is 5.78 Å². The lowest BCUT2D eigenvalue weighted by atomic mass is 9.99. The molecule has 4 heteroatoms. The fourth-order valence-corrected chi connectivity index (χ4v) is 2.47. The Labute approximate surface area is 145 Å². The Morgan fingerprint density at radius 1 is 0.760 bits per heavy atom. The van der Waals surface area contributed by atoms with Gasteiger partial charge in [0, 0.05) is 11.1 Å². The molecular weight excluding hydrogens is 316 g/mol. The van der Waals surface area contributed by atoms with Gasteiger partial charge in [-0.3, -0.25) is 4.79 Å². The van der Waals surface area contributed by atoms with E-state index in [-0.39, 0.29) is 17.1 Å². The van der Waals surface area contributed by atoms with Crippen molar-refractivity contribution in [2.24, 2.45) is 0 Å². The number of ketones is 1. The summed E-state index contributed by atoms with van der Waals surface area (Å²) in [6, 6.07) is 23.5. The van der Waals surface area contributed by atoms with Crippen LogP contribution in [0.25, 0.3) is 0 Å². The van der Waals surface area contributed by atoms with Crippen molar-refractivity contribution in [3.8, 4) is 5.75 Å². The number of phenols is 1. The Morgan fingerprint density at radius 2 is 1.32 bits per heavy atom. The third-order valence-electron chi connectivity index (χ3n) is 3.75. The van der Waals surface area contributed by atoms with Crippen LogP contribution in [0.15, 0.2) is 84.9 Å². The Bertz CT molecular complexity index is 873. The lowest BCUT2D eigenvalue weighted by Crippen LogP contribution is -2.20. The number of Topliss-reactive ketones (excluding diaryl/α,β-unsaturated/α-hetero) is 1. The van der Waals surface area contributed by atoms with E-state index < -0.39 is 12.1 Å². The molecule has 0 aliphatic rings. The van der Waals surface area contributed by atoms with E-state index in [0.717, 1.165) is 0 Å². The Morgan fingerprint density at radius 3 is 1.96 bits per heavy atom. The normalized spacial score (nSPS) is 11.5. The van der Waals surface area contributed by atoms with Crippen molar-refractivity contribution in [2.75, 3.05) is 0 Å². The summed E-state index contributed by atoms with van der Waals surface area (Å²) in [6.07, 6.45) is -1.09. The summed E-state index contributed by atoms with van der Waals surface area (Å²) < 4.78 is 5.47. The monoisotopic (exact) mass is 332 g/mol. The van der Waals surface area contributed by atoms with Gasteiger partial charge in [-0.1, -0.05) is 72.8 Å². The minimum Gasteiger partial charge on any atom is -0.507 e. The second-order valence-electron chi connectivity index (χ2n) is 5.44. The van der Waals surface area contributed by atoms with E-state index in [4.69, 9.17) is 4.74 Å². The molecule has 1 atom stereocenters. The highest BCUT2D eigenvalue weighted by Crippen LogP contribution is 2.26. The third-order valence-corrected chi connectivity index (χ3v) is 3.75. The van der Waals surface area contributed by atoms with Crippen LogP contribution >= 0.6 is 0 Å². The number of para-hydroxylation sites is 1. The van der Waals surface area contributed by atoms with E-state index in [9.17, 15) is 14.7 Å². The molecule has 25 heavy (non-hydrogen) atoms. The van der Waals surface area contributed by atoms with Gasteiger partial charge < -0.3 is 9.84 Å². The van der Waals surface area contributed by atoms with Crippen LogP contribution in [0.2, 0.25) is 0 Å². The van der Waals surface area contributed by atoms with Crippen LogP contribution in [0.5, 0.6) is 5.75 Å². The molecule has 0 aliphatic heterocycles. The summed E-state index contributed by atoms with van der Waals surface area (Å²) in [7, 11) is 0. The van der Waals surface area contributed by atoms with Gasteiger partial charge in [0.05, 0.1) is 0 Å². The predicted octanol–water partition coefficient (Wildman–Crippen LogP) is 4.17. The van der Waals surface area contributed by atoms with Crippen molar-refractivity contribution in [3.63, 3.8) is 0 Å². The van der Waals surface area contributed by atoms with Gasteiger partial charge >= 0.3 is 5.97 Å². The van der Waals surface area contributed by atoms with Crippen LogP contribution in [0.4, 0.5) is 0 Å². The predicted molar refractivity (Wildman–Crippen MR) is 93.5 cm³/mol. The summed E-state index contributed by atoms with van der Waals surface area (Å²) in [4.78, 5) is 25.3. The topological polar surface area (TPSA) is 63.6 Å². The minimum absolute atomic E-state index is 0.0179. The van der Waals surface area contributed by atoms with Crippen molar-refractivity contribution >= 4 is 11.8 Å². The number of rotatable bonds is 5.